The molecule has 0 bridgehead atoms. The van der Waals surface area contributed by atoms with Crippen molar-refractivity contribution < 1.29 is 36.3 Å². The van der Waals surface area contributed by atoms with Crippen LogP contribution in [0.3, 0.4) is 0 Å². The van der Waals surface area contributed by atoms with Crippen LogP contribution in [-0.2, 0) is 26.2 Å². The molecule has 0 aromatic heterocycles. The van der Waals surface area contributed by atoms with Crippen LogP contribution < -0.4 is 19.1 Å². The van der Waals surface area contributed by atoms with E-state index >= 15 is 0 Å². The largest absolute Gasteiger partial charge is 0.493 e. The van der Waals surface area contributed by atoms with Gasteiger partial charge in [0.05, 0.1) is 24.8 Å². The number of anilines is 1. The summed E-state index contributed by atoms with van der Waals surface area (Å²) >= 11 is 0. The molecule has 3 aromatic carbocycles. The lowest BCUT2D eigenvalue weighted by atomic mass is 10.1. The maximum atomic E-state index is 13.9. The fourth-order valence-corrected chi connectivity index (χ4v) is 5.44. The zero-order chi connectivity index (χ0) is 30.3. The highest BCUT2D eigenvalue weighted by Gasteiger charge is 2.33. The maximum Gasteiger partial charge on any atom is 0.264 e. The third-order valence-corrected chi connectivity index (χ3v) is 7.97. The molecule has 41 heavy (non-hydrogen) atoms. The van der Waals surface area contributed by atoms with E-state index in [2.05, 4.69) is 5.32 Å². The molecular weight excluding hydrogens is 556 g/mol. The molecule has 3 rings (SSSR count). The van der Waals surface area contributed by atoms with Gasteiger partial charge < -0.3 is 19.7 Å². The Morgan fingerprint density at radius 2 is 1.41 bits per heavy atom. The summed E-state index contributed by atoms with van der Waals surface area (Å²) in [6.07, 6.45) is 0. The Balaban J connectivity index is 2.06. The number of halogens is 2. The van der Waals surface area contributed by atoms with Crippen molar-refractivity contribution in [2.75, 3.05) is 25.1 Å². The van der Waals surface area contributed by atoms with Crippen molar-refractivity contribution in [1.29, 1.82) is 0 Å². The zero-order valence-corrected chi connectivity index (χ0v) is 24.2. The molecule has 12 heteroatoms. The summed E-state index contributed by atoms with van der Waals surface area (Å²) in [6.45, 7) is 4.23. The van der Waals surface area contributed by atoms with Gasteiger partial charge in [-0.3, -0.25) is 13.9 Å². The van der Waals surface area contributed by atoms with E-state index in [1.54, 1.807) is 13.8 Å². The minimum Gasteiger partial charge on any atom is -0.493 e. The van der Waals surface area contributed by atoms with Crippen molar-refractivity contribution in [3.63, 3.8) is 0 Å². The topological polar surface area (TPSA) is 105 Å². The SMILES string of the molecule is COc1ccc(S(=O)(=O)N(CC(=O)N(Cc2ccc(F)cc2)C(C)C(=O)NC(C)C)c2ccc(F)cc2)cc1OC. The van der Waals surface area contributed by atoms with Gasteiger partial charge in [-0.25, -0.2) is 17.2 Å². The Bertz CT molecular complexity index is 1460. The van der Waals surface area contributed by atoms with Crippen LogP contribution in [0.25, 0.3) is 0 Å². The molecule has 1 unspecified atom stereocenters. The van der Waals surface area contributed by atoms with Crippen molar-refractivity contribution in [1.82, 2.24) is 10.2 Å². The second kappa shape index (κ2) is 13.4. The van der Waals surface area contributed by atoms with Gasteiger partial charge in [0.1, 0.15) is 24.2 Å². The van der Waals surface area contributed by atoms with Gasteiger partial charge in [0.25, 0.3) is 10.0 Å². The number of ether oxygens (including phenoxy) is 2. The van der Waals surface area contributed by atoms with Gasteiger partial charge in [-0.1, -0.05) is 12.1 Å². The van der Waals surface area contributed by atoms with E-state index < -0.39 is 46.1 Å². The molecule has 0 aliphatic heterocycles. The van der Waals surface area contributed by atoms with Gasteiger partial charge in [0.15, 0.2) is 11.5 Å². The van der Waals surface area contributed by atoms with Crippen molar-refractivity contribution in [3.8, 4) is 11.5 Å². The van der Waals surface area contributed by atoms with Crippen LogP contribution in [0, 0.1) is 11.6 Å². The number of benzene rings is 3. The number of hydrogen-bond donors (Lipinski definition) is 1. The van der Waals surface area contributed by atoms with Gasteiger partial charge in [0.2, 0.25) is 11.8 Å². The number of carbonyl (C=O) groups is 2. The molecule has 0 heterocycles. The van der Waals surface area contributed by atoms with E-state index in [1.807, 2.05) is 0 Å². The molecule has 0 fully saturated rings. The first kappa shape index (κ1) is 31.3. The van der Waals surface area contributed by atoms with E-state index in [1.165, 1.54) is 80.6 Å². The minimum absolute atomic E-state index is 0.0237. The summed E-state index contributed by atoms with van der Waals surface area (Å²) in [7, 11) is -1.66. The summed E-state index contributed by atoms with van der Waals surface area (Å²) in [4.78, 5) is 27.8. The summed E-state index contributed by atoms with van der Waals surface area (Å²) in [5.41, 5.74) is 0.551. The molecule has 2 amide bonds. The van der Waals surface area contributed by atoms with Gasteiger partial charge in [0, 0.05) is 18.7 Å². The third kappa shape index (κ3) is 7.72. The Hall–Kier alpha value is -4.19. The lowest BCUT2D eigenvalue weighted by Gasteiger charge is -2.32. The smallest absolute Gasteiger partial charge is 0.264 e. The number of sulfonamides is 1. The summed E-state index contributed by atoms with van der Waals surface area (Å²) in [5, 5.41) is 2.75. The number of hydrogen-bond acceptors (Lipinski definition) is 6. The van der Waals surface area contributed by atoms with Gasteiger partial charge in [-0.15, -0.1) is 0 Å². The van der Waals surface area contributed by atoms with Crippen LogP contribution in [-0.4, -0.2) is 58.0 Å². The molecule has 1 N–H and O–H groups in total. The number of nitrogens with one attached hydrogen (secondary N) is 1. The van der Waals surface area contributed by atoms with E-state index in [4.69, 9.17) is 9.47 Å². The average Bonchev–Trinajstić information content (AvgIpc) is 2.94. The van der Waals surface area contributed by atoms with Crippen molar-refractivity contribution >= 4 is 27.5 Å². The molecular formula is C29H33F2N3O6S. The standard InChI is InChI=1S/C29H33F2N3O6S/c1-19(2)32-29(36)20(3)33(17-21-6-8-22(30)9-7-21)28(35)18-34(24-12-10-23(31)11-13-24)41(37,38)25-14-15-26(39-4)27(16-25)40-5/h6-16,19-20H,17-18H2,1-5H3,(H,32,36). The maximum absolute atomic E-state index is 13.9. The van der Waals surface area contributed by atoms with Crippen LogP contribution >= 0.6 is 0 Å². The quantitative estimate of drug-likeness (QED) is 0.341. The lowest BCUT2D eigenvalue weighted by molar-refractivity contribution is -0.139. The third-order valence-electron chi connectivity index (χ3n) is 6.20. The first-order valence-corrected chi connectivity index (χ1v) is 14.2. The number of rotatable bonds is 12. The van der Waals surface area contributed by atoms with E-state index in [0.29, 0.717) is 11.3 Å². The molecule has 0 saturated carbocycles. The molecule has 3 aromatic rings. The number of nitrogens with zero attached hydrogens (tertiary/aromatic N) is 2. The average molecular weight is 590 g/mol. The Morgan fingerprint density at radius 1 is 0.854 bits per heavy atom. The molecule has 0 radical (unpaired) electrons. The number of methoxy groups -OCH3 is 2. The Kier molecular flexibility index (Phi) is 10.3. The van der Waals surface area contributed by atoms with E-state index in [9.17, 15) is 26.8 Å². The van der Waals surface area contributed by atoms with Gasteiger partial charge >= 0.3 is 0 Å². The highest BCUT2D eigenvalue weighted by Crippen LogP contribution is 2.32. The van der Waals surface area contributed by atoms with Crippen LogP contribution in [0.5, 0.6) is 11.5 Å². The fourth-order valence-electron chi connectivity index (χ4n) is 4.01. The molecule has 220 valence electrons. The highest BCUT2D eigenvalue weighted by atomic mass is 32.2. The molecule has 0 aliphatic rings. The number of carbonyl (C=O) groups excluding carboxylic acids is 2. The normalized spacial score (nSPS) is 12.0. The second-order valence-electron chi connectivity index (χ2n) is 9.49. The van der Waals surface area contributed by atoms with Crippen LogP contribution in [0.15, 0.2) is 71.6 Å². The minimum atomic E-state index is -4.42. The Labute approximate surface area is 238 Å². The van der Waals surface area contributed by atoms with Crippen LogP contribution in [0.2, 0.25) is 0 Å². The van der Waals surface area contributed by atoms with Gasteiger partial charge in [-0.2, -0.15) is 0 Å². The van der Waals surface area contributed by atoms with Gasteiger partial charge in [-0.05, 0) is 74.9 Å². The lowest BCUT2D eigenvalue weighted by Crippen LogP contribution is -2.52. The van der Waals surface area contributed by atoms with E-state index in [-0.39, 0.29) is 28.9 Å². The van der Waals surface area contributed by atoms with Crippen molar-refractivity contribution in [2.24, 2.45) is 0 Å². The van der Waals surface area contributed by atoms with Crippen LogP contribution in [0.1, 0.15) is 26.3 Å². The molecule has 0 spiro atoms. The fraction of sp³-hybridized carbons (Fsp3) is 0.310. The first-order valence-electron chi connectivity index (χ1n) is 12.7. The first-order chi connectivity index (χ1) is 19.4. The van der Waals surface area contributed by atoms with Crippen molar-refractivity contribution in [2.45, 2.75) is 44.3 Å². The molecule has 1 atom stereocenters. The zero-order valence-electron chi connectivity index (χ0n) is 23.4. The predicted octanol–water partition coefficient (Wildman–Crippen LogP) is 4.12. The molecule has 0 saturated heterocycles. The Morgan fingerprint density at radius 3 is 1.95 bits per heavy atom. The van der Waals surface area contributed by atoms with E-state index in [0.717, 1.165) is 16.4 Å². The molecule has 9 nitrogen and oxygen atoms in total. The monoisotopic (exact) mass is 589 g/mol. The highest BCUT2D eigenvalue weighted by molar-refractivity contribution is 7.92. The van der Waals surface area contributed by atoms with Crippen molar-refractivity contribution in [3.05, 3.63) is 83.9 Å². The second-order valence-corrected chi connectivity index (χ2v) is 11.4. The summed E-state index contributed by atoms with van der Waals surface area (Å²) in [6, 6.07) is 12.8. The number of amides is 2. The molecule has 0 aliphatic carbocycles. The summed E-state index contributed by atoms with van der Waals surface area (Å²) < 4.78 is 66.5. The van der Waals surface area contributed by atoms with Crippen LogP contribution in [0.4, 0.5) is 14.5 Å². The summed E-state index contributed by atoms with van der Waals surface area (Å²) in [5.74, 6) is -1.79. The predicted molar refractivity (Wildman–Crippen MR) is 150 cm³/mol.